The molecule has 2 atom stereocenters. The molecule has 0 saturated carbocycles. The van der Waals surface area contributed by atoms with Gasteiger partial charge < -0.3 is 14.8 Å². The smallest absolute Gasteiger partial charge is 0.0613 e. The molecule has 96 valence electrons. The van der Waals surface area contributed by atoms with Crippen molar-refractivity contribution in [3.63, 3.8) is 0 Å². The lowest BCUT2D eigenvalue weighted by molar-refractivity contribution is 0.0315. The Balaban J connectivity index is 2.07. The summed E-state index contributed by atoms with van der Waals surface area (Å²) in [6, 6.07) is 0.442. The minimum absolute atomic E-state index is 0.442. The second kappa shape index (κ2) is 8.01. The summed E-state index contributed by atoms with van der Waals surface area (Å²) in [4.78, 5) is 2.48. The summed E-state index contributed by atoms with van der Waals surface area (Å²) in [6.45, 7) is 11.4. The predicted molar refractivity (Wildman–Crippen MR) is 65.8 cm³/mol. The maximum atomic E-state index is 5.34. The van der Waals surface area contributed by atoms with Crippen molar-refractivity contribution in [2.45, 2.75) is 19.9 Å². The van der Waals surface area contributed by atoms with E-state index >= 15 is 0 Å². The fraction of sp³-hybridized carbons (Fsp3) is 1.00. The average molecular weight is 230 g/mol. The number of ether oxygens (including phenoxy) is 2. The van der Waals surface area contributed by atoms with Crippen molar-refractivity contribution in [3.8, 4) is 0 Å². The maximum Gasteiger partial charge on any atom is 0.0613 e. The molecule has 0 bridgehead atoms. The van der Waals surface area contributed by atoms with Gasteiger partial charge in [-0.05, 0) is 19.4 Å². The number of methoxy groups -OCH3 is 1. The fourth-order valence-electron chi connectivity index (χ4n) is 2.00. The number of morpholine rings is 1. The zero-order chi connectivity index (χ0) is 11.8. The molecule has 0 aliphatic carbocycles. The normalized spacial score (nSPS) is 21.9. The summed E-state index contributed by atoms with van der Waals surface area (Å²) in [5.74, 6) is 0.678. The summed E-state index contributed by atoms with van der Waals surface area (Å²) in [5.41, 5.74) is 0. The highest BCUT2D eigenvalue weighted by atomic mass is 16.5. The summed E-state index contributed by atoms with van der Waals surface area (Å²) < 4.78 is 10.4. The highest BCUT2D eigenvalue weighted by molar-refractivity contribution is 4.69. The molecule has 1 rings (SSSR count). The van der Waals surface area contributed by atoms with E-state index in [4.69, 9.17) is 9.47 Å². The summed E-state index contributed by atoms with van der Waals surface area (Å²) in [5, 5.41) is 3.49. The predicted octanol–water partition coefficient (Wildman–Crippen LogP) is 0.579. The van der Waals surface area contributed by atoms with Crippen LogP contribution in [-0.2, 0) is 9.47 Å². The minimum Gasteiger partial charge on any atom is -0.383 e. The molecule has 0 spiro atoms. The summed E-state index contributed by atoms with van der Waals surface area (Å²) in [7, 11) is 1.75. The quantitative estimate of drug-likeness (QED) is 0.694. The summed E-state index contributed by atoms with van der Waals surface area (Å²) in [6.07, 6.45) is 0. The molecule has 0 aromatic rings. The molecule has 0 aromatic heterocycles. The second-order valence-electron chi connectivity index (χ2n) is 4.78. The van der Waals surface area contributed by atoms with Crippen LogP contribution in [0.4, 0.5) is 0 Å². The topological polar surface area (TPSA) is 33.7 Å². The molecule has 0 radical (unpaired) electrons. The van der Waals surface area contributed by atoms with Crippen molar-refractivity contribution in [3.05, 3.63) is 0 Å². The standard InChI is InChI=1S/C12H26N2O2/c1-11(8-13-12(2)10-15-3)9-14-4-6-16-7-5-14/h11-13H,4-10H2,1-3H3/t11-,12-/m0/s1. The first-order chi connectivity index (χ1) is 7.72. The van der Waals surface area contributed by atoms with E-state index < -0.39 is 0 Å². The molecule has 1 aliphatic rings. The molecule has 4 heteroatoms. The molecular weight excluding hydrogens is 204 g/mol. The van der Waals surface area contributed by atoms with Gasteiger partial charge in [-0.3, -0.25) is 4.90 Å². The average Bonchev–Trinajstić information content (AvgIpc) is 2.28. The molecule has 1 aliphatic heterocycles. The van der Waals surface area contributed by atoms with E-state index in [2.05, 4.69) is 24.1 Å². The number of nitrogens with one attached hydrogen (secondary N) is 1. The summed E-state index contributed by atoms with van der Waals surface area (Å²) >= 11 is 0. The number of nitrogens with zero attached hydrogens (tertiary/aromatic N) is 1. The maximum absolute atomic E-state index is 5.34. The molecule has 1 heterocycles. The van der Waals surface area contributed by atoms with Crippen LogP contribution < -0.4 is 5.32 Å². The Morgan fingerprint density at radius 2 is 2.00 bits per heavy atom. The van der Waals surface area contributed by atoms with Crippen LogP contribution in [0.3, 0.4) is 0 Å². The van der Waals surface area contributed by atoms with Gasteiger partial charge in [-0.15, -0.1) is 0 Å². The Labute approximate surface area is 99.3 Å². The monoisotopic (exact) mass is 230 g/mol. The van der Waals surface area contributed by atoms with E-state index in [-0.39, 0.29) is 0 Å². The van der Waals surface area contributed by atoms with Crippen molar-refractivity contribution in [1.29, 1.82) is 0 Å². The zero-order valence-corrected chi connectivity index (χ0v) is 10.9. The third-order valence-corrected chi connectivity index (χ3v) is 2.91. The van der Waals surface area contributed by atoms with Gasteiger partial charge in [-0.1, -0.05) is 6.92 Å². The van der Waals surface area contributed by atoms with Crippen LogP contribution in [0.2, 0.25) is 0 Å². The van der Waals surface area contributed by atoms with E-state index in [9.17, 15) is 0 Å². The molecule has 0 aromatic carbocycles. The fourth-order valence-corrected chi connectivity index (χ4v) is 2.00. The van der Waals surface area contributed by atoms with E-state index in [0.29, 0.717) is 12.0 Å². The van der Waals surface area contributed by atoms with E-state index in [1.54, 1.807) is 7.11 Å². The lowest BCUT2D eigenvalue weighted by Gasteiger charge is -2.29. The van der Waals surface area contributed by atoms with Crippen LogP contribution in [0.1, 0.15) is 13.8 Å². The molecule has 1 fully saturated rings. The largest absolute Gasteiger partial charge is 0.383 e. The van der Waals surface area contributed by atoms with Crippen LogP contribution in [0.5, 0.6) is 0 Å². The SMILES string of the molecule is COC[C@H](C)NC[C@H](C)CN1CCOCC1. The third-order valence-electron chi connectivity index (χ3n) is 2.91. The lowest BCUT2D eigenvalue weighted by atomic mass is 10.1. The Bertz CT molecular complexity index is 172. The molecule has 1 N–H and O–H groups in total. The van der Waals surface area contributed by atoms with E-state index in [0.717, 1.165) is 46.0 Å². The van der Waals surface area contributed by atoms with Gasteiger partial charge >= 0.3 is 0 Å². The first-order valence-electron chi connectivity index (χ1n) is 6.24. The van der Waals surface area contributed by atoms with Gasteiger partial charge in [0.1, 0.15) is 0 Å². The molecule has 16 heavy (non-hydrogen) atoms. The van der Waals surface area contributed by atoms with Gasteiger partial charge in [0.25, 0.3) is 0 Å². The lowest BCUT2D eigenvalue weighted by Crippen LogP contribution is -2.42. The van der Waals surface area contributed by atoms with Gasteiger partial charge in [0.2, 0.25) is 0 Å². The Morgan fingerprint density at radius 3 is 2.62 bits per heavy atom. The van der Waals surface area contributed by atoms with Crippen LogP contribution in [0.15, 0.2) is 0 Å². The number of rotatable bonds is 7. The van der Waals surface area contributed by atoms with Gasteiger partial charge in [-0.25, -0.2) is 0 Å². The molecule has 0 amide bonds. The van der Waals surface area contributed by atoms with Crippen molar-refractivity contribution in [2.24, 2.45) is 5.92 Å². The third kappa shape index (κ3) is 5.80. The first kappa shape index (κ1) is 13.9. The highest BCUT2D eigenvalue weighted by Gasteiger charge is 2.13. The van der Waals surface area contributed by atoms with Crippen molar-refractivity contribution in [2.75, 3.05) is 53.1 Å². The van der Waals surface area contributed by atoms with Crippen molar-refractivity contribution < 1.29 is 9.47 Å². The van der Waals surface area contributed by atoms with Crippen LogP contribution in [0.25, 0.3) is 0 Å². The Hall–Kier alpha value is -0.160. The van der Waals surface area contributed by atoms with Gasteiger partial charge in [0, 0.05) is 32.8 Å². The molecule has 1 saturated heterocycles. The highest BCUT2D eigenvalue weighted by Crippen LogP contribution is 2.02. The van der Waals surface area contributed by atoms with Gasteiger partial charge in [-0.2, -0.15) is 0 Å². The van der Waals surface area contributed by atoms with E-state index in [1.807, 2.05) is 0 Å². The van der Waals surface area contributed by atoms with Crippen LogP contribution in [0, 0.1) is 5.92 Å². The van der Waals surface area contributed by atoms with Crippen molar-refractivity contribution >= 4 is 0 Å². The number of hydrogen-bond donors (Lipinski definition) is 1. The molecule has 4 nitrogen and oxygen atoms in total. The number of hydrogen-bond acceptors (Lipinski definition) is 4. The van der Waals surface area contributed by atoms with Gasteiger partial charge in [0.15, 0.2) is 0 Å². The Morgan fingerprint density at radius 1 is 1.31 bits per heavy atom. The molecular formula is C12H26N2O2. The first-order valence-corrected chi connectivity index (χ1v) is 6.24. The van der Waals surface area contributed by atoms with Crippen molar-refractivity contribution in [1.82, 2.24) is 10.2 Å². The Kier molecular flexibility index (Phi) is 6.96. The van der Waals surface area contributed by atoms with E-state index in [1.165, 1.54) is 0 Å². The van der Waals surface area contributed by atoms with Crippen LogP contribution in [-0.4, -0.2) is 64.1 Å². The van der Waals surface area contributed by atoms with Gasteiger partial charge in [0.05, 0.1) is 19.8 Å². The zero-order valence-electron chi connectivity index (χ0n) is 10.9. The molecule has 0 unspecified atom stereocenters. The second-order valence-corrected chi connectivity index (χ2v) is 4.78. The minimum atomic E-state index is 0.442. The van der Waals surface area contributed by atoms with Crippen LogP contribution >= 0.6 is 0 Å².